The summed E-state index contributed by atoms with van der Waals surface area (Å²) in [4.78, 5) is 13.4. The molecule has 1 aromatic rings. The van der Waals surface area contributed by atoms with Gasteiger partial charge in [0.1, 0.15) is 5.82 Å². The van der Waals surface area contributed by atoms with E-state index in [2.05, 4.69) is 15.9 Å². The van der Waals surface area contributed by atoms with E-state index in [4.69, 9.17) is 5.14 Å². The van der Waals surface area contributed by atoms with Crippen LogP contribution in [0.3, 0.4) is 0 Å². The minimum atomic E-state index is -3.62. The van der Waals surface area contributed by atoms with Crippen molar-refractivity contribution >= 4 is 37.5 Å². The molecule has 1 heterocycles. The molecule has 1 unspecified atom stereocenters. The molecule has 20 heavy (non-hydrogen) atoms. The van der Waals surface area contributed by atoms with Gasteiger partial charge in [-0.25, -0.2) is 17.9 Å². The highest BCUT2D eigenvalue weighted by Gasteiger charge is 2.33. The first-order chi connectivity index (χ1) is 9.17. The molecular formula is C12H14BrFN2O3S. The monoisotopic (exact) mass is 364 g/mol. The zero-order valence-electron chi connectivity index (χ0n) is 10.8. The second kappa shape index (κ2) is 5.42. The number of aryl methyl sites for hydroxylation is 1. The summed E-state index contributed by atoms with van der Waals surface area (Å²) in [6, 6.07) is 2.86. The molecule has 1 saturated heterocycles. The smallest absolute Gasteiger partial charge is 0.227 e. The van der Waals surface area contributed by atoms with Crippen LogP contribution < -0.4 is 10.0 Å². The molecule has 1 fully saturated rings. The third-order valence-corrected chi connectivity index (χ3v) is 4.75. The minimum absolute atomic E-state index is 0.105. The molecule has 1 atom stereocenters. The highest BCUT2D eigenvalue weighted by Crippen LogP contribution is 2.31. The SMILES string of the molecule is Cc1cc(Br)c(F)cc1N1CC(CS(N)(=O)=O)CC1=O. The van der Waals surface area contributed by atoms with Crippen molar-refractivity contribution < 1.29 is 17.6 Å². The lowest BCUT2D eigenvalue weighted by Gasteiger charge is -2.19. The zero-order chi connectivity index (χ0) is 15.1. The van der Waals surface area contributed by atoms with Gasteiger partial charge in [-0.05, 0) is 40.5 Å². The maximum Gasteiger partial charge on any atom is 0.227 e. The van der Waals surface area contributed by atoms with E-state index in [1.807, 2.05) is 0 Å². The number of anilines is 1. The van der Waals surface area contributed by atoms with Crippen LogP contribution >= 0.6 is 15.9 Å². The van der Waals surface area contributed by atoms with Crippen molar-refractivity contribution in [1.82, 2.24) is 0 Å². The average Bonchev–Trinajstić information content (AvgIpc) is 2.62. The Morgan fingerprint density at radius 2 is 2.15 bits per heavy atom. The number of hydrogen-bond donors (Lipinski definition) is 1. The van der Waals surface area contributed by atoms with Crippen molar-refractivity contribution in [1.29, 1.82) is 0 Å². The molecular weight excluding hydrogens is 351 g/mol. The average molecular weight is 365 g/mol. The predicted molar refractivity (Wildman–Crippen MR) is 77.3 cm³/mol. The van der Waals surface area contributed by atoms with Crippen molar-refractivity contribution in [2.75, 3.05) is 17.2 Å². The number of nitrogens with zero attached hydrogens (tertiary/aromatic N) is 1. The van der Waals surface area contributed by atoms with Gasteiger partial charge in [0.25, 0.3) is 0 Å². The number of hydrogen-bond acceptors (Lipinski definition) is 3. The largest absolute Gasteiger partial charge is 0.312 e. The maximum absolute atomic E-state index is 13.6. The number of carbonyl (C=O) groups excluding carboxylic acids is 1. The predicted octanol–water partition coefficient (Wildman–Crippen LogP) is 1.54. The molecule has 5 nitrogen and oxygen atoms in total. The lowest BCUT2D eigenvalue weighted by atomic mass is 10.1. The summed E-state index contributed by atoms with van der Waals surface area (Å²) in [7, 11) is -3.62. The Morgan fingerprint density at radius 1 is 1.50 bits per heavy atom. The zero-order valence-corrected chi connectivity index (χ0v) is 13.2. The molecule has 0 bridgehead atoms. The van der Waals surface area contributed by atoms with E-state index >= 15 is 0 Å². The van der Waals surface area contributed by atoms with Gasteiger partial charge in [0.2, 0.25) is 15.9 Å². The van der Waals surface area contributed by atoms with E-state index in [0.717, 1.165) is 5.56 Å². The Morgan fingerprint density at radius 3 is 2.75 bits per heavy atom. The fourth-order valence-electron chi connectivity index (χ4n) is 2.38. The second-order valence-corrected chi connectivity index (χ2v) is 7.47. The van der Waals surface area contributed by atoms with Crippen molar-refractivity contribution in [3.63, 3.8) is 0 Å². The highest BCUT2D eigenvalue weighted by molar-refractivity contribution is 9.10. The number of rotatable bonds is 3. The van der Waals surface area contributed by atoms with Gasteiger partial charge in [0.05, 0.1) is 10.2 Å². The third-order valence-electron chi connectivity index (χ3n) is 3.20. The van der Waals surface area contributed by atoms with Crippen LogP contribution in [0.1, 0.15) is 12.0 Å². The van der Waals surface area contributed by atoms with Gasteiger partial charge in [-0.3, -0.25) is 4.79 Å². The molecule has 1 aliphatic heterocycles. The van der Waals surface area contributed by atoms with Crippen LogP contribution in [-0.4, -0.2) is 26.6 Å². The van der Waals surface area contributed by atoms with Crippen LogP contribution in [0.15, 0.2) is 16.6 Å². The minimum Gasteiger partial charge on any atom is -0.312 e. The number of amides is 1. The molecule has 1 aromatic carbocycles. The van der Waals surface area contributed by atoms with Gasteiger partial charge in [-0.2, -0.15) is 0 Å². The van der Waals surface area contributed by atoms with Crippen LogP contribution in [0.2, 0.25) is 0 Å². The normalized spacial score (nSPS) is 19.7. The van der Waals surface area contributed by atoms with E-state index in [0.29, 0.717) is 10.2 Å². The lowest BCUT2D eigenvalue weighted by Crippen LogP contribution is -2.28. The van der Waals surface area contributed by atoms with Gasteiger partial charge in [-0.15, -0.1) is 0 Å². The van der Waals surface area contributed by atoms with E-state index in [1.54, 1.807) is 13.0 Å². The lowest BCUT2D eigenvalue weighted by molar-refractivity contribution is -0.117. The highest BCUT2D eigenvalue weighted by atomic mass is 79.9. The van der Waals surface area contributed by atoms with Crippen molar-refractivity contribution in [2.24, 2.45) is 11.1 Å². The molecule has 110 valence electrons. The van der Waals surface area contributed by atoms with Gasteiger partial charge >= 0.3 is 0 Å². The topological polar surface area (TPSA) is 80.5 Å². The number of halogens is 2. The number of benzene rings is 1. The summed E-state index contributed by atoms with van der Waals surface area (Å²) in [6.07, 6.45) is 0.105. The molecule has 0 saturated carbocycles. The van der Waals surface area contributed by atoms with Crippen LogP contribution in [0, 0.1) is 18.7 Å². The standard InChI is InChI=1S/C12H14BrFN2O3S/c1-7-2-9(13)10(14)4-11(7)16-5-8(3-12(16)17)6-20(15,18)19/h2,4,8H,3,5-6H2,1H3,(H2,15,18,19). The molecule has 2 rings (SSSR count). The van der Waals surface area contributed by atoms with E-state index < -0.39 is 15.8 Å². The van der Waals surface area contributed by atoms with Crippen LogP contribution in [-0.2, 0) is 14.8 Å². The third kappa shape index (κ3) is 3.36. The second-order valence-electron chi connectivity index (χ2n) is 4.96. The van der Waals surface area contributed by atoms with Crippen LogP contribution in [0.4, 0.5) is 10.1 Å². The fourth-order valence-corrected chi connectivity index (χ4v) is 3.72. The summed E-state index contributed by atoms with van der Waals surface area (Å²) in [5, 5.41) is 4.99. The van der Waals surface area contributed by atoms with Gasteiger partial charge < -0.3 is 4.90 Å². The summed E-state index contributed by atoms with van der Waals surface area (Å²) in [5.41, 5.74) is 1.20. The van der Waals surface area contributed by atoms with Gasteiger partial charge in [0.15, 0.2) is 0 Å². The Balaban J connectivity index is 2.26. The van der Waals surface area contributed by atoms with E-state index in [1.165, 1.54) is 11.0 Å². The summed E-state index contributed by atoms with van der Waals surface area (Å²) in [5.74, 6) is -1.28. The summed E-state index contributed by atoms with van der Waals surface area (Å²) >= 11 is 3.08. The van der Waals surface area contributed by atoms with Crippen LogP contribution in [0.5, 0.6) is 0 Å². The molecule has 0 aromatic heterocycles. The first-order valence-corrected chi connectivity index (χ1v) is 8.44. The first-order valence-electron chi connectivity index (χ1n) is 5.94. The van der Waals surface area contributed by atoms with Gasteiger partial charge in [0, 0.05) is 24.6 Å². The fraction of sp³-hybridized carbons (Fsp3) is 0.417. The summed E-state index contributed by atoms with van der Waals surface area (Å²) < 4.78 is 36.1. The van der Waals surface area contributed by atoms with Crippen LogP contribution in [0.25, 0.3) is 0 Å². The van der Waals surface area contributed by atoms with Crippen molar-refractivity contribution in [2.45, 2.75) is 13.3 Å². The first kappa shape index (κ1) is 15.4. The molecule has 0 aliphatic carbocycles. The van der Waals surface area contributed by atoms with Crippen molar-refractivity contribution in [3.05, 3.63) is 28.0 Å². The number of primary sulfonamides is 1. The summed E-state index contributed by atoms with van der Waals surface area (Å²) in [6.45, 7) is 2.00. The Bertz CT molecular complexity index is 663. The molecule has 2 N–H and O–H groups in total. The molecule has 0 spiro atoms. The molecule has 1 amide bonds. The quantitative estimate of drug-likeness (QED) is 0.882. The molecule has 8 heteroatoms. The van der Waals surface area contributed by atoms with Gasteiger partial charge in [-0.1, -0.05) is 0 Å². The maximum atomic E-state index is 13.6. The Kier molecular flexibility index (Phi) is 4.17. The number of nitrogens with two attached hydrogens (primary N) is 1. The molecule has 1 aliphatic rings. The number of carbonyl (C=O) groups is 1. The van der Waals surface area contributed by atoms with E-state index in [-0.39, 0.29) is 30.5 Å². The van der Waals surface area contributed by atoms with Crippen molar-refractivity contribution in [3.8, 4) is 0 Å². The van der Waals surface area contributed by atoms with E-state index in [9.17, 15) is 17.6 Å². The Labute approximate surface area is 125 Å². The molecule has 0 radical (unpaired) electrons. The number of sulfonamides is 1. The Hall–Kier alpha value is -0.990.